The summed E-state index contributed by atoms with van der Waals surface area (Å²) in [5, 5.41) is 8.96. The van der Waals surface area contributed by atoms with Gasteiger partial charge >= 0.3 is 0 Å². The molecule has 0 saturated heterocycles. The van der Waals surface area contributed by atoms with E-state index in [1.54, 1.807) is 22.8 Å². The molecular formula is C20H22N4O2. The van der Waals surface area contributed by atoms with Crippen LogP contribution in [0.2, 0.25) is 0 Å². The largest absolute Gasteiger partial charge is 0.347 e. The lowest BCUT2D eigenvalue weighted by atomic mass is 10.0. The summed E-state index contributed by atoms with van der Waals surface area (Å²) < 4.78 is 1.69. The van der Waals surface area contributed by atoms with Crippen LogP contribution in [0.1, 0.15) is 11.1 Å². The molecule has 134 valence electrons. The van der Waals surface area contributed by atoms with Gasteiger partial charge in [-0.1, -0.05) is 42.5 Å². The summed E-state index contributed by atoms with van der Waals surface area (Å²) >= 11 is 0. The second-order valence-electron chi connectivity index (χ2n) is 6.36. The highest BCUT2D eigenvalue weighted by molar-refractivity contribution is 5.91. The van der Waals surface area contributed by atoms with Crippen molar-refractivity contribution in [2.75, 3.05) is 13.6 Å². The molecule has 0 unspecified atom stereocenters. The average molecular weight is 350 g/mol. The number of amides is 2. The summed E-state index contributed by atoms with van der Waals surface area (Å²) in [6.45, 7) is 0.451. The van der Waals surface area contributed by atoms with Gasteiger partial charge in [-0.2, -0.15) is 5.10 Å². The number of aryl methyl sites for hydroxylation is 1. The zero-order chi connectivity index (χ0) is 18.5. The fourth-order valence-corrected chi connectivity index (χ4v) is 2.91. The number of carbonyl (C=O) groups excluding carboxylic acids is 2. The van der Waals surface area contributed by atoms with E-state index in [1.165, 1.54) is 0 Å². The number of rotatable bonds is 6. The van der Waals surface area contributed by atoms with Gasteiger partial charge in [-0.3, -0.25) is 14.3 Å². The van der Waals surface area contributed by atoms with Crippen molar-refractivity contribution in [3.05, 3.63) is 66.0 Å². The van der Waals surface area contributed by atoms with Gasteiger partial charge in [-0.05, 0) is 16.3 Å². The first-order valence-electron chi connectivity index (χ1n) is 8.48. The third-order valence-electron chi connectivity index (χ3n) is 4.27. The van der Waals surface area contributed by atoms with Crippen molar-refractivity contribution in [2.24, 2.45) is 7.05 Å². The van der Waals surface area contributed by atoms with Crippen LogP contribution in [0, 0.1) is 0 Å². The number of nitrogens with one attached hydrogen (secondary N) is 1. The molecule has 0 fully saturated rings. The van der Waals surface area contributed by atoms with Crippen molar-refractivity contribution in [2.45, 2.75) is 13.0 Å². The third kappa shape index (κ3) is 4.27. The second-order valence-corrected chi connectivity index (χ2v) is 6.36. The summed E-state index contributed by atoms with van der Waals surface area (Å²) in [6, 6.07) is 13.9. The molecule has 0 spiro atoms. The molecule has 3 aromatic rings. The van der Waals surface area contributed by atoms with Gasteiger partial charge in [0.25, 0.3) is 0 Å². The molecule has 1 N–H and O–H groups in total. The monoisotopic (exact) mass is 350 g/mol. The molecule has 0 aliphatic heterocycles. The highest BCUT2D eigenvalue weighted by Crippen LogP contribution is 2.18. The van der Waals surface area contributed by atoms with Crippen molar-refractivity contribution in [1.29, 1.82) is 0 Å². The van der Waals surface area contributed by atoms with Crippen molar-refractivity contribution < 1.29 is 9.59 Å². The summed E-state index contributed by atoms with van der Waals surface area (Å²) in [5.41, 5.74) is 1.90. The summed E-state index contributed by atoms with van der Waals surface area (Å²) in [6.07, 6.45) is 3.84. The van der Waals surface area contributed by atoms with Gasteiger partial charge in [0.15, 0.2) is 0 Å². The molecule has 26 heavy (non-hydrogen) atoms. The lowest BCUT2D eigenvalue weighted by molar-refractivity contribution is -0.132. The highest BCUT2D eigenvalue weighted by atomic mass is 16.2. The quantitative estimate of drug-likeness (QED) is 0.738. The van der Waals surface area contributed by atoms with Crippen LogP contribution in [-0.2, 0) is 29.6 Å². The van der Waals surface area contributed by atoms with E-state index in [9.17, 15) is 9.59 Å². The predicted molar refractivity (Wildman–Crippen MR) is 100 cm³/mol. The molecule has 1 heterocycles. The van der Waals surface area contributed by atoms with Crippen molar-refractivity contribution in [3.8, 4) is 0 Å². The lowest BCUT2D eigenvalue weighted by Gasteiger charge is -2.16. The zero-order valence-corrected chi connectivity index (χ0v) is 15.0. The van der Waals surface area contributed by atoms with Crippen molar-refractivity contribution >= 4 is 22.6 Å². The number of hydrogen-bond donors (Lipinski definition) is 1. The molecule has 3 rings (SSSR count). The Hall–Kier alpha value is -3.15. The van der Waals surface area contributed by atoms with Crippen LogP contribution >= 0.6 is 0 Å². The van der Waals surface area contributed by atoms with Crippen LogP contribution in [0.5, 0.6) is 0 Å². The van der Waals surface area contributed by atoms with E-state index in [-0.39, 0.29) is 24.8 Å². The number of likely N-dealkylation sites (N-methyl/N-ethyl adjacent to an activating group) is 1. The lowest BCUT2D eigenvalue weighted by Crippen LogP contribution is -2.38. The molecule has 6 heteroatoms. The van der Waals surface area contributed by atoms with Gasteiger partial charge in [0.05, 0.1) is 19.2 Å². The van der Waals surface area contributed by atoms with Crippen LogP contribution in [0.4, 0.5) is 0 Å². The first-order valence-corrected chi connectivity index (χ1v) is 8.48. The molecule has 0 aliphatic carbocycles. The van der Waals surface area contributed by atoms with Crippen molar-refractivity contribution in [3.63, 3.8) is 0 Å². The van der Waals surface area contributed by atoms with E-state index in [1.807, 2.05) is 55.7 Å². The number of hydrogen-bond acceptors (Lipinski definition) is 3. The highest BCUT2D eigenvalue weighted by Gasteiger charge is 2.13. The summed E-state index contributed by atoms with van der Waals surface area (Å²) in [7, 11) is 3.55. The van der Waals surface area contributed by atoms with E-state index in [0.717, 1.165) is 21.9 Å². The summed E-state index contributed by atoms with van der Waals surface area (Å²) in [4.78, 5) is 26.0. The Bertz CT molecular complexity index is 927. The van der Waals surface area contributed by atoms with Gasteiger partial charge in [0.2, 0.25) is 11.8 Å². The van der Waals surface area contributed by atoms with Crippen LogP contribution in [0.15, 0.2) is 54.9 Å². The first kappa shape index (κ1) is 17.7. The van der Waals surface area contributed by atoms with Gasteiger partial charge in [0, 0.05) is 32.4 Å². The predicted octanol–water partition coefficient (Wildman–Crippen LogP) is 1.89. The standard InChI is InChI=1S/C20H22N4O2/c1-23(13-15-11-22-24(2)14-15)20(26)12-21-19(25)10-17-8-5-7-16-6-3-4-9-18(16)17/h3-9,11,14H,10,12-13H2,1-2H3,(H,21,25). The maximum absolute atomic E-state index is 12.2. The maximum atomic E-state index is 12.2. The minimum absolute atomic E-state index is 0.0135. The molecule has 1 aromatic heterocycles. The third-order valence-corrected chi connectivity index (χ3v) is 4.27. The van der Waals surface area contributed by atoms with E-state index >= 15 is 0 Å². The topological polar surface area (TPSA) is 67.2 Å². The van der Waals surface area contributed by atoms with Crippen molar-refractivity contribution in [1.82, 2.24) is 20.0 Å². The smallest absolute Gasteiger partial charge is 0.242 e. The van der Waals surface area contributed by atoms with Gasteiger partial charge in [-0.25, -0.2) is 0 Å². The minimum atomic E-state index is -0.163. The first-order chi connectivity index (χ1) is 12.5. The molecule has 0 bridgehead atoms. The number of carbonyl (C=O) groups is 2. The Balaban J connectivity index is 1.54. The maximum Gasteiger partial charge on any atom is 0.242 e. The Morgan fingerprint density at radius 3 is 2.69 bits per heavy atom. The fourth-order valence-electron chi connectivity index (χ4n) is 2.91. The fraction of sp³-hybridized carbons (Fsp3) is 0.250. The van der Waals surface area contributed by atoms with Gasteiger partial charge in [0.1, 0.15) is 0 Å². The number of benzene rings is 2. The minimum Gasteiger partial charge on any atom is -0.347 e. The van der Waals surface area contributed by atoms with Crippen LogP contribution < -0.4 is 5.32 Å². The van der Waals surface area contributed by atoms with E-state index in [2.05, 4.69) is 10.4 Å². The second kappa shape index (κ2) is 7.82. The number of fused-ring (bicyclic) bond motifs is 1. The van der Waals surface area contributed by atoms with Crippen LogP contribution in [-0.4, -0.2) is 40.1 Å². The van der Waals surface area contributed by atoms with Crippen LogP contribution in [0.25, 0.3) is 10.8 Å². The normalized spacial score (nSPS) is 10.7. The van der Waals surface area contributed by atoms with E-state index in [4.69, 9.17) is 0 Å². The molecule has 0 aliphatic rings. The van der Waals surface area contributed by atoms with Gasteiger partial charge in [-0.15, -0.1) is 0 Å². The molecule has 2 aromatic carbocycles. The summed E-state index contributed by atoms with van der Waals surface area (Å²) in [5.74, 6) is -0.301. The van der Waals surface area contributed by atoms with Crippen LogP contribution in [0.3, 0.4) is 0 Å². The molecule has 2 amide bonds. The Morgan fingerprint density at radius 1 is 1.15 bits per heavy atom. The molecular weight excluding hydrogens is 328 g/mol. The number of nitrogens with zero attached hydrogens (tertiary/aromatic N) is 3. The molecule has 6 nitrogen and oxygen atoms in total. The SMILES string of the molecule is CN(Cc1cnn(C)c1)C(=O)CNC(=O)Cc1cccc2ccccc12. The zero-order valence-electron chi connectivity index (χ0n) is 15.0. The van der Waals surface area contributed by atoms with E-state index < -0.39 is 0 Å². The molecule has 0 atom stereocenters. The molecule has 0 radical (unpaired) electrons. The Kier molecular flexibility index (Phi) is 5.31. The van der Waals surface area contributed by atoms with Gasteiger partial charge < -0.3 is 10.2 Å². The Morgan fingerprint density at radius 2 is 1.92 bits per heavy atom. The molecule has 0 saturated carbocycles. The average Bonchev–Trinajstić information content (AvgIpc) is 3.04. The Labute approximate surface area is 152 Å². The van der Waals surface area contributed by atoms with E-state index in [0.29, 0.717) is 6.54 Å². The number of aromatic nitrogens is 2.